The van der Waals surface area contributed by atoms with E-state index in [4.69, 9.17) is 9.47 Å². The van der Waals surface area contributed by atoms with Crippen LogP contribution in [0.2, 0.25) is 0 Å². The SMILES string of the molecule is CCOC(=O)c1cc2c(NCc3cccc(OC)c3)ccc([N+](=O)[O-])c2[nH]1. The monoisotopic (exact) mass is 369 g/mol. The first-order chi connectivity index (χ1) is 13.0. The summed E-state index contributed by atoms with van der Waals surface area (Å²) in [4.78, 5) is 25.6. The maximum atomic E-state index is 12.0. The van der Waals surface area contributed by atoms with Crippen LogP contribution in [0, 0.1) is 10.1 Å². The van der Waals surface area contributed by atoms with Crippen molar-refractivity contribution < 1.29 is 19.2 Å². The van der Waals surface area contributed by atoms with E-state index in [0.29, 0.717) is 17.6 Å². The Morgan fingerprint density at radius 2 is 2.07 bits per heavy atom. The van der Waals surface area contributed by atoms with Crippen LogP contribution < -0.4 is 10.1 Å². The van der Waals surface area contributed by atoms with E-state index in [1.807, 2.05) is 24.3 Å². The molecule has 3 rings (SSSR count). The first-order valence-corrected chi connectivity index (χ1v) is 8.37. The third-order valence-corrected chi connectivity index (χ3v) is 4.08. The van der Waals surface area contributed by atoms with Crippen LogP contribution in [0.25, 0.3) is 10.9 Å². The van der Waals surface area contributed by atoms with Crippen molar-refractivity contribution in [3.8, 4) is 5.75 Å². The van der Waals surface area contributed by atoms with Crippen LogP contribution in [0.4, 0.5) is 11.4 Å². The van der Waals surface area contributed by atoms with Gasteiger partial charge in [0.25, 0.3) is 5.69 Å². The highest BCUT2D eigenvalue weighted by Gasteiger charge is 2.20. The second kappa shape index (κ2) is 7.77. The second-order valence-corrected chi connectivity index (χ2v) is 5.79. The van der Waals surface area contributed by atoms with Crippen molar-refractivity contribution in [2.75, 3.05) is 19.0 Å². The minimum Gasteiger partial charge on any atom is -0.497 e. The number of fused-ring (bicyclic) bond motifs is 1. The Kier molecular flexibility index (Phi) is 5.25. The van der Waals surface area contributed by atoms with Crippen molar-refractivity contribution in [3.05, 3.63) is 63.8 Å². The van der Waals surface area contributed by atoms with Gasteiger partial charge in [-0.25, -0.2) is 4.79 Å². The summed E-state index contributed by atoms with van der Waals surface area (Å²) in [5.74, 6) is 0.191. The minimum atomic E-state index is -0.554. The van der Waals surface area contributed by atoms with Crippen LogP contribution in [0.15, 0.2) is 42.5 Å². The van der Waals surface area contributed by atoms with Crippen LogP contribution >= 0.6 is 0 Å². The summed E-state index contributed by atoms with van der Waals surface area (Å²) in [5, 5.41) is 15.1. The van der Waals surface area contributed by atoms with Crippen molar-refractivity contribution in [1.82, 2.24) is 4.98 Å². The van der Waals surface area contributed by atoms with E-state index in [1.54, 1.807) is 26.2 Å². The van der Waals surface area contributed by atoms with Crippen molar-refractivity contribution in [2.24, 2.45) is 0 Å². The summed E-state index contributed by atoms with van der Waals surface area (Å²) in [6, 6.07) is 12.2. The molecule has 8 nitrogen and oxygen atoms in total. The molecule has 0 bridgehead atoms. The lowest BCUT2D eigenvalue weighted by atomic mass is 10.1. The van der Waals surface area contributed by atoms with Gasteiger partial charge >= 0.3 is 5.97 Å². The van der Waals surface area contributed by atoms with E-state index in [0.717, 1.165) is 11.3 Å². The first kappa shape index (κ1) is 18.2. The second-order valence-electron chi connectivity index (χ2n) is 5.79. The average molecular weight is 369 g/mol. The van der Waals surface area contributed by atoms with Crippen LogP contribution in [-0.4, -0.2) is 29.6 Å². The van der Waals surface area contributed by atoms with Gasteiger partial charge in [0.1, 0.15) is 17.0 Å². The number of hydrogen-bond donors (Lipinski definition) is 2. The molecular weight excluding hydrogens is 350 g/mol. The van der Waals surface area contributed by atoms with E-state index in [1.165, 1.54) is 6.07 Å². The summed E-state index contributed by atoms with van der Waals surface area (Å²) < 4.78 is 10.2. The van der Waals surface area contributed by atoms with E-state index < -0.39 is 10.9 Å². The number of hydrogen-bond acceptors (Lipinski definition) is 6. The van der Waals surface area contributed by atoms with Crippen LogP contribution in [-0.2, 0) is 11.3 Å². The predicted octanol–water partition coefficient (Wildman–Crippen LogP) is 3.87. The largest absolute Gasteiger partial charge is 0.497 e. The number of nitrogens with zero attached hydrogens (tertiary/aromatic N) is 1. The standard InChI is InChI=1S/C19H19N3O5/c1-3-27-19(23)16-10-14-15(7-8-17(22(24)25)18(14)21-16)20-11-12-5-4-6-13(9-12)26-2/h4-10,20-21H,3,11H2,1-2H3. The lowest BCUT2D eigenvalue weighted by molar-refractivity contribution is -0.383. The Hall–Kier alpha value is -3.55. The average Bonchev–Trinajstić information content (AvgIpc) is 3.12. The Balaban J connectivity index is 1.95. The molecule has 1 heterocycles. The van der Waals surface area contributed by atoms with Crippen LogP contribution in [0.1, 0.15) is 23.0 Å². The molecule has 0 aliphatic rings. The zero-order valence-corrected chi connectivity index (χ0v) is 14.9. The Labute approximate surface area is 155 Å². The fraction of sp³-hybridized carbons (Fsp3) is 0.211. The van der Waals surface area contributed by atoms with Gasteiger partial charge in [0.2, 0.25) is 0 Å². The summed E-state index contributed by atoms with van der Waals surface area (Å²) in [6.07, 6.45) is 0. The smallest absolute Gasteiger partial charge is 0.354 e. The van der Waals surface area contributed by atoms with Gasteiger partial charge in [-0.1, -0.05) is 12.1 Å². The molecule has 3 aromatic rings. The van der Waals surface area contributed by atoms with Gasteiger partial charge in [0.05, 0.1) is 18.6 Å². The number of carbonyl (C=O) groups is 1. The zero-order chi connectivity index (χ0) is 19.4. The number of non-ortho nitro benzene ring substituents is 1. The lowest BCUT2D eigenvalue weighted by Gasteiger charge is -2.09. The quantitative estimate of drug-likeness (QED) is 0.372. The number of nitro groups is 1. The molecule has 1 aromatic heterocycles. The number of esters is 1. The Morgan fingerprint density at radius 3 is 2.78 bits per heavy atom. The van der Waals surface area contributed by atoms with Crippen molar-refractivity contribution in [2.45, 2.75) is 13.5 Å². The number of nitro benzene ring substituents is 1. The van der Waals surface area contributed by atoms with Gasteiger partial charge in [-0.05, 0) is 36.8 Å². The van der Waals surface area contributed by atoms with E-state index in [-0.39, 0.29) is 23.5 Å². The van der Waals surface area contributed by atoms with Gasteiger partial charge in [-0.2, -0.15) is 0 Å². The summed E-state index contributed by atoms with van der Waals surface area (Å²) in [5.41, 5.74) is 2.00. The number of benzene rings is 2. The fourth-order valence-corrected chi connectivity index (χ4v) is 2.81. The first-order valence-electron chi connectivity index (χ1n) is 8.37. The maximum Gasteiger partial charge on any atom is 0.354 e. The number of aromatic nitrogens is 1. The van der Waals surface area contributed by atoms with Crippen LogP contribution in [0.3, 0.4) is 0 Å². The molecule has 0 aliphatic heterocycles. The molecule has 0 fully saturated rings. The third-order valence-electron chi connectivity index (χ3n) is 4.08. The maximum absolute atomic E-state index is 12.0. The predicted molar refractivity (Wildman–Crippen MR) is 101 cm³/mol. The number of methoxy groups -OCH3 is 1. The lowest BCUT2D eigenvalue weighted by Crippen LogP contribution is -2.04. The molecule has 0 amide bonds. The number of aromatic amines is 1. The van der Waals surface area contributed by atoms with E-state index >= 15 is 0 Å². The Bertz CT molecular complexity index is 996. The van der Waals surface area contributed by atoms with Crippen molar-refractivity contribution in [1.29, 1.82) is 0 Å². The van der Waals surface area contributed by atoms with Gasteiger partial charge in [0, 0.05) is 23.7 Å². The topological polar surface area (TPSA) is 106 Å². The molecule has 0 aliphatic carbocycles. The van der Waals surface area contributed by atoms with Gasteiger partial charge in [-0.3, -0.25) is 10.1 Å². The summed E-state index contributed by atoms with van der Waals surface area (Å²) in [6.45, 7) is 2.41. The molecule has 0 unspecified atom stereocenters. The summed E-state index contributed by atoms with van der Waals surface area (Å²) >= 11 is 0. The van der Waals surface area contributed by atoms with Gasteiger partial charge < -0.3 is 19.8 Å². The fourth-order valence-electron chi connectivity index (χ4n) is 2.81. The molecule has 140 valence electrons. The number of ether oxygens (including phenoxy) is 2. The highest BCUT2D eigenvalue weighted by atomic mass is 16.6. The molecule has 0 atom stereocenters. The molecule has 2 aromatic carbocycles. The molecule has 0 spiro atoms. The molecule has 0 radical (unpaired) electrons. The summed E-state index contributed by atoms with van der Waals surface area (Å²) in [7, 11) is 1.60. The molecule has 2 N–H and O–H groups in total. The molecule has 27 heavy (non-hydrogen) atoms. The number of nitrogens with one attached hydrogen (secondary N) is 2. The zero-order valence-electron chi connectivity index (χ0n) is 14.9. The van der Waals surface area contributed by atoms with Gasteiger partial charge in [-0.15, -0.1) is 0 Å². The number of carbonyl (C=O) groups excluding carboxylic acids is 1. The highest BCUT2D eigenvalue weighted by Crippen LogP contribution is 2.32. The number of H-pyrrole nitrogens is 1. The normalized spacial score (nSPS) is 10.6. The molecule has 0 saturated heterocycles. The van der Waals surface area contributed by atoms with Gasteiger partial charge in [0.15, 0.2) is 0 Å². The Morgan fingerprint density at radius 1 is 1.26 bits per heavy atom. The molecule has 0 saturated carbocycles. The van der Waals surface area contributed by atoms with Crippen molar-refractivity contribution >= 4 is 28.2 Å². The van der Waals surface area contributed by atoms with Crippen molar-refractivity contribution in [3.63, 3.8) is 0 Å². The van der Waals surface area contributed by atoms with Crippen LogP contribution in [0.5, 0.6) is 5.75 Å². The van der Waals surface area contributed by atoms with E-state index in [9.17, 15) is 14.9 Å². The highest BCUT2D eigenvalue weighted by molar-refractivity contribution is 6.03. The minimum absolute atomic E-state index is 0.104. The number of rotatable bonds is 7. The number of anilines is 1. The van der Waals surface area contributed by atoms with E-state index in [2.05, 4.69) is 10.3 Å². The molecule has 8 heteroatoms. The molecular formula is C19H19N3O5. The third kappa shape index (κ3) is 3.84.